The molecule has 4 rings (SSSR count). The topological polar surface area (TPSA) is 44.8 Å². The van der Waals surface area contributed by atoms with Crippen molar-refractivity contribution in [1.82, 2.24) is 0 Å². The van der Waals surface area contributed by atoms with E-state index in [0.29, 0.717) is 18.3 Å². The van der Waals surface area contributed by atoms with Crippen LogP contribution in [0.25, 0.3) is 0 Å². The van der Waals surface area contributed by atoms with Gasteiger partial charge in [0.25, 0.3) is 0 Å². The van der Waals surface area contributed by atoms with Gasteiger partial charge in [-0.2, -0.15) is 0 Å². The average Bonchev–Trinajstić information content (AvgIpc) is 2.96. The van der Waals surface area contributed by atoms with Crippen molar-refractivity contribution in [3.8, 4) is 11.5 Å². The molecule has 3 aromatic rings. The summed E-state index contributed by atoms with van der Waals surface area (Å²) in [5.41, 5.74) is 5.52. The Bertz CT molecular complexity index is 1140. The fourth-order valence-electron chi connectivity index (χ4n) is 5.77. The van der Waals surface area contributed by atoms with Crippen LogP contribution >= 0.6 is 0 Å². The van der Waals surface area contributed by atoms with Crippen molar-refractivity contribution in [2.24, 2.45) is 0 Å². The van der Waals surface area contributed by atoms with Crippen LogP contribution in [0.3, 0.4) is 0 Å². The molecule has 4 nitrogen and oxygen atoms in total. The molecule has 3 aromatic carbocycles. The summed E-state index contributed by atoms with van der Waals surface area (Å²) in [4.78, 5) is 11.2. The Morgan fingerprint density at radius 1 is 0.842 bits per heavy atom. The number of hydrogen-bond acceptors (Lipinski definition) is 4. The monoisotopic (exact) mass is 514 g/mol. The summed E-state index contributed by atoms with van der Waals surface area (Å²) in [5.74, 6) is 2.50. The molecule has 202 valence electrons. The lowest BCUT2D eigenvalue weighted by Crippen LogP contribution is -2.20. The van der Waals surface area contributed by atoms with Crippen LogP contribution in [-0.2, 0) is 16.0 Å². The van der Waals surface area contributed by atoms with Gasteiger partial charge < -0.3 is 14.2 Å². The second-order valence-corrected chi connectivity index (χ2v) is 10.5. The normalized spacial score (nSPS) is 17.3. The van der Waals surface area contributed by atoms with Crippen molar-refractivity contribution < 1.29 is 19.0 Å². The van der Waals surface area contributed by atoms with Crippen LogP contribution in [0.5, 0.6) is 11.5 Å². The van der Waals surface area contributed by atoms with E-state index in [1.165, 1.54) is 35.8 Å². The van der Waals surface area contributed by atoms with Crippen LogP contribution in [0.15, 0.2) is 72.8 Å². The van der Waals surface area contributed by atoms with Gasteiger partial charge in [0, 0.05) is 12.3 Å². The largest absolute Gasteiger partial charge is 0.497 e. The predicted octanol–water partition coefficient (Wildman–Crippen LogP) is 8.23. The molecule has 38 heavy (non-hydrogen) atoms. The zero-order chi connectivity index (χ0) is 26.7. The minimum Gasteiger partial charge on any atom is -0.497 e. The third-order valence-corrected chi connectivity index (χ3v) is 7.84. The number of methoxy groups -OCH3 is 2. The summed E-state index contributed by atoms with van der Waals surface area (Å²) in [6.45, 7) is 2.15. The fourth-order valence-corrected chi connectivity index (χ4v) is 5.77. The third-order valence-electron chi connectivity index (χ3n) is 7.84. The van der Waals surface area contributed by atoms with Gasteiger partial charge in [0.05, 0.1) is 20.3 Å². The van der Waals surface area contributed by atoms with E-state index in [2.05, 4.69) is 79.7 Å². The second-order valence-electron chi connectivity index (χ2n) is 10.5. The number of rotatable bonds is 13. The Labute approximate surface area is 228 Å². The lowest BCUT2D eigenvalue weighted by Gasteiger charge is -2.35. The van der Waals surface area contributed by atoms with Crippen molar-refractivity contribution in [2.45, 2.75) is 82.7 Å². The second kappa shape index (κ2) is 14.0. The first-order valence-corrected chi connectivity index (χ1v) is 14.1. The zero-order valence-corrected chi connectivity index (χ0v) is 23.2. The summed E-state index contributed by atoms with van der Waals surface area (Å²) in [5, 5.41) is 0. The van der Waals surface area contributed by atoms with Gasteiger partial charge in [0.2, 0.25) is 0 Å². The maximum atomic E-state index is 11.2. The van der Waals surface area contributed by atoms with Gasteiger partial charge in [-0.15, -0.1) is 0 Å². The van der Waals surface area contributed by atoms with Crippen molar-refractivity contribution >= 4 is 5.97 Å². The summed E-state index contributed by atoms with van der Waals surface area (Å²) >= 11 is 0. The van der Waals surface area contributed by atoms with Gasteiger partial charge in [-0.25, -0.2) is 0 Å². The molecule has 0 radical (unpaired) electrons. The van der Waals surface area contributed by atoms with E-state index in [-0.39, 0.29) is 12.1 Å². The number of carbonyl (C=O) groups is 1. The molecule has 0 bridgehead atoms. The molecule has 4 heteroatoms. The fraction of sp³-hybridized carbons (Fsp3) is 0.441. The highest BCUT2D eigenvalue weighted by molar-refractivity contribution is 5.68. The number of aryl methyl sites for hydroxylation is 1. The molecular formula is C34H42O4. The van der Waals surface area contributed by atoms with Crippen molar-refractivity contribution in [2.75, 3.05) is 14.2 Å². The van der Waals surface area contributed by atoms with Crippen LogP contribution in [-0.4, -0.2) is 26.3 Å². The summed E-state index contributed by atoms with van der Waals surface area (Å²) < 4.78 is 16.5. The zero-order valence-electron chi connectivity index (χ0n) is 23.2. The van der Waals surface area contributed by atoms with Crippen LogP contribution < -0.4 is 9.47 Å². The standard InChI is InChI=1S/C34H42O4/c1-25(12-8-5-4-6-11-15-33(35)37-3)38-29-19-16-27(17-20-29)34-31(26-13-9-7-10-14-26)22-18-28-24-30(36-2)21-23-32(28)34/h7,9-10,13-14,16-17,19-21,23-25,31,34H,4-6,8,11-12,15,18,22H2,1-3H3. The quantitative estimate of drug-likeness (QED) is 0.170. The van der Waals surface area contributed by atoms with Crippen molar-refractivity contribution in [1.29, 1.82) is 0 Å². The lowest BCUT2D eigenvalue weighted by molar-refractivity contribution is -0.140. The van der Waals surface area contributed by atoms with Gasteiger partial charge >= 0.3 is 5.97 Å². The Morgan fingerprint density at radius 3 is 2.29 bits per heavy atom. The SMILES string of the molecule is COC(=O)CCCCCCCC(C)Oc1ccc(C2c3ccc(OC)cc3CCC2c2ccccc2)cc1. The lowest BCUT2D eigenvalue weighted by atomic mass is 9.69. The van der Waals surface area contributed by atoms with E-state index in [4.69, 9.17) is 14.2 Å². The molecular weight excluding hydrogens is 472 g/mol. The van der Waals surface area contributed by atoms with E-state index in [9.17, 15) is 4.79 Å². The number of unbranched alkanes of at least 4 members (excludes halogenated alkanes) is 4. The van der Waals surface area contributed by atoms with Crippen LogP contribution in [0.4, 0.5) is 0 Å². The summed E-state index contributed by atoms with van der Waals surface area (Å²) in [6, 6.07) is 26.3. The minimum absolute atomic E-state index is 0.110. The molecule has 0 spiro atoms. The predicted molar refractivity (Wildman–Crippen MR) is 153 cm³/mol. The number of carbonyl (C=O) groups excluding carboxylic acids is 1. The first-order chi connectivity index (χ1) is 18.6. The van der Waals surface area contributed by atoms with Crippen LogP contribution in [0.2, 0.25) is 0 Å². The molecule has 0 aromatic heterocycles. The van der Waals surface area contributed by atoms with E-state index in [1.54, 1.807) is 7.11 Å². The maximum Gasteiger partial charge on any atom is 0.305 e. The molecule has 3 unspecified atom stereocenters. The number of hydrogen-bond donors (Lipinski definition) is 0. The Morgan fingerprint density at radius 2 is 1.55 bits per heavy atom. The maximum absolute atomic E-state index is 11.2. The van der Waals surface area contributed by atoms with Gasteiger partial charge in [-0.05, 0) is 91.5 Å². The first kappa shape index (κ1) is 27.8. The van der Waals surface area contributed by atoms with Gasteiger partial charge in [0.15, 0.2) is 0 Å². The highest BCUT2D eigenvalue weighted by Gasteiger charge is 2.32. The highest BCUT2D eigenvalue weighted by atomic mass is 16.5. The average molecular weight is 515 g/mol. The molecule has 0 saturated carbocycles. The number of esters is 1. The Hall–Kier alpha value is -3.27. The molecule has 0 N–H and O–H groups in total. The molecule has 1 aliphatic rings. The van der Waals surface area contributed by atoms with Gasteiger partial charge in [-0.3, -0.25) is 4.79 Å². The van der Waals surface area contributed by atoms with E-state index in [0.717, 1.165) is 56.4 Å². The number of ether oxygens (including phenoxy) is 3. The number of fused-ring (bicyclic) bond motifs is 1. The Kier molecular flexibility index (Phi) is 10.3. The Balaban J connectivity index is 1.37. The van der Waals surface area contributed by atoms with Crippen LogP contribution in [0, 0.1) is 0 Å². The smallest absolute Gasteiger partial charge is 0.305 e. The molecule has 0 fully saturated rings. The highest BCUT2D eigenvalue weighted by Crippen LogP contribution is 2.47. The van der Waals surface area contributed by atoms with E-state index >= 15 is 0 Å². The van der Waals surface area contributed by atoms with E-state index in [1.807, 2.05) is 0 Å². The third kappa shape index (κ3) is 7.40. The summed E-state index contributed by atoms with van der Waals surface area (Å²) in [7, 11) is 3.19. The first-order valence-electron chi connectivity index (χ1n) is 14.1. The summed E-state index contributed by atoms with van der Waals surface area (Å²) in [6.07, 6.45) is 9.36. The molecule has 1 aliphatic carbocycles. The number of benzene rings is 3. The van der Waals surface area contributed by atoms with Crippen molar-refractivity contribution in [3.63, 3.8) is 0 Å². The molecule has 0 heterocycles. The minimum atomic E-state index is -0.110. The van der Waals surface area contributed by atoms with Gasteiger partial charge in [0.1, 0.15) is 11.5 Å². The van der Waals surface area contributed by atoms with Crippen LogP contribution in [0.1, 0.15) is 92.4 Å². The molecule has 0 amide bonds. The van der Waals surface area contributed by atoms with Gasteiger partial charge in [-0.1, -0.05) is 67.8 Å². The van der Waals surface area contributed by atoms with Crippen molar-refractivity contribution in [3.05, 3.63) is 95.1 Å². The molecule has 3 atom stereocenters. The van der Waals surface area contributed by atoms with E-state index < -0.39 is 0 Å². The molecule has 0 saturated heterocycles. The molecule has 0 aliphatic heterocycles.